The minimum Gasteiger partial charge on any atom is -0.479 e. The van der Waals surface area contributed by atoms with Gasteiger partial charge in [0.25, 0.3) is 0 Å². The van der Waals surface area contributed by atoms with Crippen LogP contribution >= 0.6 is 0 Å². The van der Waals surface area contributed by atoms with Gasteiger partial charge in [-0.25, -0.2) is 14.4 Å². The third-order valence-electron chi connectivity index (χ3n) is 23.4. The van der Waals surface area contributed by atoms with E-state index in [0.29, 0.717) is 25.7 Å². The predicted molar refractivity (Wildman–Crippen MR) is 308 cm³/mol. The number of carbonyl (C=O) groups excluding carboxylic acids is 2. The van der Waals surface area contributed by atoms with Crippen molar-refractivity contribution in [3.63, 3.8) is 0 Å². The smallest absolute Gasteiger partial charge is 0.335 e. The van der Waals surface area contributed by atoms with E-state index in [1.807, 2.05) is 34.6 Å². The van der Waals surface area contributed by atoms with Gasteiger partial charge in [0, 0.05) is 16.6 Å². The van der Waals surface area contributed by atoms with Gasteiger partial charge in [-0.2, -0.15) is 0 Å². The van der Waals surface area contributed by atoms with Crippen LogP contribution in [0.4, 0.5) is 0 Å². The van der Waals surface area contributed by atoms with E-state index in [2.05, 4.69) is 19.9 Å². The number of hydrogen-bond donors (Lipinski definition) is 14. The molecule has 27 nitrogen and oxygen atoms in total. The molecule has 5 aliphatic carbocycles. The van der Waals surface area contributed by atoms with Gasteiger partial charge in [0.05, 0.1) is 61.9 Å². The molecule has 0 aromatic carbocycles. The molecule has 9 aliphatic rings. The van der Waals surface area contributed by atoms with Gasteiger partial charge >= 0.3 is 17.9 Å². The molecule has 9 rings (SSSR count). The van der Waals surface area contributed by atoms with Crippen molar-refractivity contribution in [3.8, 4) is 0 Å². The summed E-state index contributed by atoms with van der Waals surface area (Å²) in [6.07, 6.45) is -32.5. The van der Waals surface area contributed by atoms with Crippen LogP contribution in [0.15, 0.2) is 34.9 Å². The Hall–Kier alpha value is -3.21. The first-order valence-corrected chi connectivity index (χ1v) is 31.5. The molecule has 0 bridgehead atoms. The molecule has 0 radical (unpaired) electrons. The minimum atomic E-state index is -2.15. The zero-order chi connectivity index (χ0) is 66.6. The van der Waals surface area contributed by atoms with Crippen LogP contribution in [0.5, 0.6) is 0 Å². The van der Waals surface area contributed by atoms with Gasteiger partial charge < -0.3 is 119 Å². The molecule has 27 heteroatoms. The van der Waals surface area contributed by atoms with Gasteiger partial charge in [-0.15, -0.1) is 0 Å². The van der Waals surface area contributed by atoms with Crippen LogP contribution in [0, 0.1) is 50.2 Å². The number of allylic oxidation sites excluding steroid dienone is 3. The Labute approximate surface area is 523 Å². The Morgan fingerprint density at radius 2 is 1.13 bits per heavy atom. The standard InChI is InChI=1S/C63H98O27/c1-13-25(3)52(79)85-42-27(5)81-56(41(73)44(42)86-53(80)26(4)14-2)90-50-49(76)63(24-66)29(21-58(50,6)7)28-15-16-33-60(10)19-18-34(59(8,9)32(60)17-20-61(33,11)62(28,12)47(74)48(63)75)84-57-46(89-55-39(71)37(69)35(67)30(22-64)82-55)43(40(72)45(88-57)51(77)78)87-54-38(70)36(68)31(23-65)83-54/h13-15,27,29-50,54-57,64-76H,16-24H2,1-12H3,(H,77,78)/b25-13-,26-14-/t27-,29?,30+,31-,32?,33?,34?,35-,36-,37-,38+,39+,40-,41+,42-,43-,44-,45-,46+,47-,48+,49-,50-,54?,55?,56?,57+,60-,61+,62-,63-/m0/s1. The Balaban J connectivity index is 0.999. The Kier molecular flexibility index (Phi) is 20.6. The van der Waals surface area contributed by atoms with Crippen LogP contribution in [0.25, 0.3) is 0 Å². The first-order chi connectivity index (χ1) is 42.0. The van der Waals surface area contributed by atoms with Crippen molar-refractivity contribution in [3.05, 3.63) is 34.9 Å². The molecule has 90 heavy (non-hydrogen) atoms. The summed E-state index contributed by atoms with van der Waals surface area (Å²) < 4.78 is 60.9. The SMILES string of the molecule is C/C=C(/C)C(=O)O[C@@H]1[C@@H](OC(=O)/C(C)=C\C)[C@@H](O)C(O[C@H]2[C@H](O)[C@@]3(CO)C(CC2(C)C)C2=CCC4[C@@]5(C)CCC(O[C@@H]6O[C@H](C(=O)O)[C@@H](O)[C@H](OC7O[C@@H](CO)[C@H](O)[C@H]7O)[C@H]6OC6O[C@H](CO)[C@H](O)[C@H](O)[C@H]6O)C(C)(C)C5CC[C@@]4(C)[C@]2(C)[C@@H](O)[C@H]3O)O[C@H]1C. The lowest BCUT2D eigenvalue weighted by Crippen LogP contribution is -2.76. The van der Waals surface area contributed by atoms with E-state index in [-0.39, 0.29) is 35.8 Å². The van der Waals surface area contributed by atoms with E-state index in [4.69, 9.17) is 47.4 Å². The zero-order valence-electron chi connectivity index (χ0n) is 53.3. The number of aliphatic carboxylic acids is 1. The number of carboxylic acid groups (broad SMARTS) is 1. The normalized spacial score (nSPS) is 50.1. The number of rotatable bonds is 16. The number of carbonyl (C=O) groups is 3. The topological polar surface area (TPSA) is 427 Å². The maximum Gasteiger partial charge on any atom is 0.335 e. The second-order valence-corrected chi connectivity index (χ2v) is 28.8. The summed E-state index contributed by atoms with van der Waals surface area (Å²) in [5.74, 6) is -4.33. The molecule has 14 N–H and O–H groups in total. The quantitative estimate of drug-likeness (QED) is 0.0386. The fourth-order valence-electron chi connectivity index (χ4n) is 17.7. The summed E-state index contributed by atoms with van der Waals surface area (Å²) in [7, 11) is 0. The number of fused-ring (bicyclic) bond motifs is 7. The van der Waals surface area contributed by atoms with Gasteiger partial charge in [0.15, 0.2) is 43.5 Å². The number of ether oxygens (including phenoxy) is 10. The lowest BCUT2D eigenvalue weighted by atomic mass is 9.32. The lowest BCUT2D eigenvalue weighted by molar-refractivity contribution is -0.386. The highest BCUT2D eigenvalue weighted by Gasteiger charge is 2.76. The number of esters is 2. The van der Waals surface area contributed by atoms with E-state index < -0.39 is 223 Å². The second kappa shape index (κ2) is 26.1. The van der Waals surface area contributed by atoms with Crippen LogP contribution in [0.3, 0.4) is 0 Å². The summed E-state index contributed by atoms with van der Waals surface area (Å²) in [4.78, 5) is 39.3. The first-order valence-electron chi connectivity index (χ1n) is 31.5. The Morgan fingerprint density at radius 3 is 1.69 bits per heavy atom. The average molecular weight is 1290 g/mol. The van der Waals surface area contributed by atoms with Crippen molar-refractivity contribution >= 4 is 17.9 Å². The summed E-state index contributed by atoms with van der Waals surface area (Å²) in [5.41, 5.74) is -4.96. The molecule has 512 valence electrons. The number of aliphatic hydroxyl groups excluding tert-OH is 13. The first kappa shape index (κ1) is 71.1. The molecule has 0 aromatic heterocycles. The molecule has 0 amide bonds. The molecule has 31 atom stereocenters. The van der Waals surface area contributed by atoms with Gasteiger partial charge in [-0.3, -0.25) is 0 Å². The number of carboxylic acids is 1. The van der Waals surface area contributed by atoms with Gasteiger partial charge in [-0.1, -0.05) is 72.3 Å². The minimum absolute atomic E-state index is 0.189. The van der Waals surface area contributed by atoms with E-state index in [1.165, 1.54) is 26.0 Å². The van der Waals surface area contributed by atoms with Gasteiger partial charge in [-0.05, 0) is 113 Å². The van der Waals surface area contributed by atoms with E-state index in [1.54, 1.807) is 20.8 Å². The summed E-state index contributed by atoms with van der Waals surface area (Å²) >= 11 is 0. The maximum absolute atomic E-state index is 13.3. The molecule has 7 unspecified atom stereocenters. The molecule has 0 aromatic rings. The number of aliphatic hydroxyl groups is 13. The summed E-state index contributed by atoms with van der Waals surface area (Å²) in [6, 6.07) is 0. The molecular weight excluding hydrogens is 1190 g/mol. The van der Waals surface area contributed by atoms with Crippen LogP contribution < -0.4 is 0 Å². The van der Waals surface area contributed by atoms with E-state index in [9.17, 15) is 85.9 Å². The van der Waals surface area contributed by atoms with Crippen molar-refractivity contribution in [1.29, 1.82) is 0 Å². The fraction of sp³-hybridized carbons (Fsp3) is 0.857. The molecule has 0 spiro atoms. The van der Waals surface area contributed by atoms with E-state index in [0.717, 1.165) is 5.57 Å². The molecular formula is C63H98O27. The zero-order valence-corrected chi connectivity index (χ0v) is 53.3. The van der Waals surface area contributed by atoms with Crippen molar-refractivity contribution in [2.24, 2.45) is 50.2 Å². The molecule has 8 fully saturated rings. The Morgan fingerprint density at radius 1 is 0.589 bits per heavy atom. The van der Waals surface area contributed by atoms with Crippen molar-refractivity contribution in [2.75, 3.05) is 19.8 Å². The van der Waals surface area contributed by atoms with E-state index >= 15 is 0 Å². The van der Waals surface area contributed by atoms with Crippen molar-refractivity contribution in [2.45, 2.75) is 269 Å². The van der Waals surface area contributed by atoms with Crippen LogP contribution in [-0.4, -0.2) is 256 Å². The largest absolute Gasteiger partial charge is 0.479 e. The maximum atomic E-state index is 13.3. The van der Waals surface area contributed by atoms with Crippen LogP contribution in [0.2, 0.25) is 0 Å². The molecule has 4 aliphatic heterocycles. The highest BCUT2D eigenvalue weighted by Crippen LogP contribution is 2.76. The number of hydrogen-bond acceptors (Lipinski definition) is 26. The monoisotopic (exact) mass is 1290 g/mol. The average Bonchev–Trinajstić information content (AvgIpc) is 0.712. The highest BCUT2D eigenvalue weighted by molar-refractivity contribution is 5.88. The van der Waals surface area contributed by atoms with Gasteiger partial charge in [0.1, 0.15) is 67.1 Å². The molecule has 4 saturated carbocycles. The van der Waals surface area contributed by atoms with Crippen LogP contribution in [-0.2, 0) is 61.8 Å². The summed E-state index contributed by atoms with van der Waals surface area (Å²) in [5, 5.41) is 159. The van der Waals surface area contributed by atoms with Crippen molar-refractivity contribution < 1.29 is 133 Å². The second-order valence-electron chi connectivity index (χ2n) is 28.8. The third-order valence-corrected chi connectivity index (χ3v) is 23.4. The molecule has 4 saturated heterocycles. The Bertz CT molecular complexity index is 2700. The highest BCUT2D eigenvalue weighted by atomic mass is 16.8. The predicted octanol–water partition coefficient (Wildman–Crippen LogP) is -0.885. The van der Waals surface area contributed by atoms with Crippen molar-refractivity contribution in [1.82, 2.24) is 0 Å². The summed E-state index contributed by atoms with van der Waals surface area (Å²) in [6.45, 7) is 19.4. The molecule has 4 heterocycles. The fourth-order valence-corrected chi connectivity index (χ4v) is 17.7. The third kappa shape index (κ3) is 11.4. The lowest BCUT2D eigenvalue weighted by Gasteiger charge is -2.73. The van der Waals surface area contributed by atoms with Crippen LogP contribution in [0.1, 0.15) is 122 Å². The van der Waals surface area contributed by atoms with Gasteiger partial charge in [0.2, 0.25) is 0 Å².